The Morgan fingerprint density at radius 1 is 1.10 bits per heavy atom. The lowest BCUT2D eigenvalue weighted by atomic mass is 10.1. The van der Waals surface area contributed by atoms with Crippen LogP contribution < -0.4 is 14.8 Å². The topological polar surface area (TPSA) is 80.8 Å². The molecule has 164 valence electrons. The van der Waals surface area contributed by atoms with Gasteiger partial charge in [0, 0.05) is 36.9 Å². The highest BCUT2D eigenvalue weighted by molar-refractivity contribution is 7.14. The fourth-order valence-corrected chi connectivity index (χ4v) is 3.84. The van der Waals surface area contributed by atoms with Crippen molar-refractivity contribution in [3.63, 3.8) is 0 Å². The predicted octanol–water partition coefficient (Wildman–Crippen LogP) is 4.58. The smallest absolute Gasteiger partial charge is 0.226 e. The molecular weight excluding hydrogens is 402 g/mol. The zero-order valence-electron chi connectivity index (χ0n) is 18.2. The van der Waals surface area contributed by atoms with Crippen molar-refractivity contribution in [1.29, 1.82) is 0 Å². The van der Waals surface area contributed by atoms with Crippen molar-refractivity contribution in [2.75, 3.05) is 32.6 Å². The van der Waals surface area contributed by atoms with Crippen LogP contribution in [0.5, 0.6) is 11.5 Å². The molecule has 1 aromatic heterocycles. The summed E-state index contributed by atoms with van der Waals surface area (Å²) in [6, 6.07) is 5.49. The SMILES string of the molecule is CCCN(CCC)C(=O)CCCC(=O)Nc1nc(-c2cc(OC)ccc2OC)cs1. The van der Waals surface area contributed by atoms with E-state index in [2.05, 4.69) is 24.1 Å². The molecule has 8 heteroatoms. The van der Waals surface area contributed by atoms with Crippen LogP contribution in [-0.4, -0.2) is 49.0 Å². The molecule has 1 heterocycles. The lowest BCUT2D eigenvalue weighted by molar-refractivity contribution is -0.131. The fourth-order valence-electron chi connectivity index (χ4n) is 3.11. The number of hydrogen-bond donors (Lipinski definition) is 1. The fraction of sp³-hybridized carbons (Fsp3) is 0.500. The van der Waals surface area contributed by atoms with Crippen molar-refractivity contribution in [3.05, 3.63) is 23.6 Å². The Kier molecular flexibility index (Phi) is 9.60. The first-order valence-corrected chi connectivity index (χ1v) is 11.2. The highest BCUT2D eigenvalue weighted by Crippen LogP contribution is 2.35. The van der Waals surface area contributed by atoms with E-state index in [1.807, 2.05) is 28.5 Å². The Balaban J connectivity index is 1.90. The molecule has 2 aromatic rings. The maximum absolute atomic E-state index is 12.3. The molecule has 0 atom stereocenters. The maximum Gasteiger partial charge on any atom is 0.226 e. The number of rotatable bonds is 12. The van der Waals surface area contributed by atoms with Gasteiger partial charge in [-0.1, -0.05) is 13.8 Å². The van der Waals surface area contributed by atoms with Gasteiger partial charge in [-0.2, -0.15) is 0 Å². The third kappa shape index (κ3) is 6.73. The summed E-state index contributed by atoms with van der Waals surface area (Å²) in [6.45, 7) is 5.67. The van der Waals surface area contributed by atoms with Gasteiger partial charge < -0.3 is 19.7 Å². The normalized spacial score (nSPS) is 10.5. The number of nitrogens with zero attached hydrogens (tertiary/aromatic N) is 2. The first kappa shape index (κ1) is 23.7. The number of methoxy groups -OCH3 is 2. The molecule has 30 heavy (non-hydrogen) atoms. The molecule has 1 N–H and O–H groups in total. The number of benzene rings is 1. The summed E-state index contributed by atoms with van der Waals surface area (Å²) in [5.74, 6) is 1.36. The second-order valence-corrected chi connectivity index (χ2v) is 7.74. The maximum atomic E-state index is 12.3. The number of amides is 2. The van der Waals surface area contributed by atoms with Gasteiger partial charge in [0.2, 0.25) is 11.8 Å². The summed E-state index contributed by atoms with van der Waals surface area (Å²) >= 11 is 1.35. The standard InChI is InChI=1S/C22H31N3O4S/c1-5-12-25(13-6-2)21(27)9-7-8-20(26)24-22-23-18(15-30-22)17-14-16(28-3)10-11-19(17)29-4/h10-11,14-15H,5-9,12-13H2,1-4H3,(H,23,24,26). The van der Waals surface area contributed by atoms with Gasteiger partial charge in [-0.3, -0.25) is 9.59 Å². The van der Waals surface area contributed by atoms with Crippen molar-refractivity contribution in [2.45, 2.75) is 46.0 Å². The molecule has 0 spiro atoms. The number of hydrogen-bond acceptors (Lipinski definition) is 6. The Morgan fingerprint density at radius 2 is 1.83 bits per heavy atom. The van der Waals surface area contributed by atoms with Crippen molar-refractivity contribution < 1.29 is 19.1 Å². The molecule has 2 rings (SSSR count). The quantitative estimate of drug-likeness (QED) is 0.530. The van der Waals surface area contributed by atoms with Crippen LogP contribution in [0.3, 0.4) is 0 Å². The summed E-state index contributed by atoms with van der Waals surface area (Å²) < 4.78 is 10.7. The van der Waals surface area contributed by atoms with Crippen molar-refractivity contribution in [3.8, 4) is 22.8 Å². The van der Waals surface area contributed by atoms with Crippen LogP contribution in [-0.2, 0) is 9.59 Å². The molecule has 0 radical (unpaired) electrons. The van der Waals surface area contributed by atoms with Gasteiger partial charge in [-0.25, -0.2) is 4.98 Å². The lowest BCUT2D eigenvalue weighted by Gasteiger charge is -2.21. The number of carbonyl (C=O) groups is 2. The van der Waals surface area contributed by atoms with Crippen LogP contribution in [0.4, 0.5) is 5.13 Å². The molecule has 0 aliphatic heterocycles. The summed E-state index contributed by atoms with van der Waals surface area (Å²) in [5, 5.41) is 5.21. The molecule has 7 nitrogen and oxygen atoms in total. The van der Waals surface area contributed by atoms with Crippen LogP contribution >= 0.6 is 11.3 Å². The molecule has 0 aliphatic carbocycles. The molecule has 0 fully saturated rings. The van der Waals surface area contributed by atoms with Crippen molar-refractivity contribution in [2.24, 2.45) is 0 Å². The van der Waals surface area contributed by atoms with Crippen molar-refractivity contribution >= 4 is 28.3 Å². The highest BCUT2D eigenvalue weighted by atomic mass is 32.1. The first-order valence-electron chi connectivity index (χ1n) is 10.3. The van der Waals surface area contributed by atoms with Gasteiger partial charge in [0.15, 0.2) is 5.13 Å². The van der Waals surface area contributed by atoms with E-state index in [1.165, 1.54) is 11.3 Å². The minimum absolute atomic E-state index is 0.119. The molecule has 0 bridgehead atoms. The van der Waals surface area contributed by atoms with E-state index in [4.69, 9.17) is 9.47 Å². The van der Waals surface area contributed by atoms with E-state index in [9.17, 15) is 9.59 Å². The number of carbonyl (C=O) groups excluding carboxylic acids is 2. The van der Waals surface area contributed by atoms with Crippen LogP contribution in [0.2, 0.25) is 0 Å². The molecule has 0 saturated carbocycles. The molecule has 2 amide bonds. The average molecular weight is 434 g/mol. The van der Waals surface area contributed by atoms with Crippen molar-refractivity contribution in [1.82, 2.24) is 9.88 Å². The second kappa shape index (κ2) is 12.2. The van der Waals surface area contributed by atoms with E-state index in [1.54, 1.807) is 14.2 Å². The van der Waals surface area contributed by atoms with Gasteiger partial charge in [0.1, 0.15) is 11.5 Å². The average Bonchev–Trinajstić information content (AvgIpc) is 3.21. The summed E-state index contributed by atoms with van der Waals surface area (Å²) in [5.41, 5.74) is 1.50. The zero-order chi connectivity index (χ0) is 21.9. The van der Waals surface area contributed by atoms with Crippen LogP contribution in [0.15, 0.2) is 23.6 Å². The molecular formula is C22H31N3O4S. The number of aromatic nitrogens is 1. The number of thiazole rings is 1. The van der Waals surface area contributed by atoms with Gasteiger partial charge in [0.05, 0.1) is 19.9 Å². The lowest BCUT2D eigenvalue weighted by Crippen LogP contribution is -2.32. The minimum Gasteiger partial charge on any atom is -0.497 e. The van der Waals surface area contributed by atoms with E-state index in [0.717, 1.165) is 31.5 Å². The summed E-state index contributed by atoms with van der Waals surface area (Å²) in [6.07, 6.45) is 3.08. The first-order chi connectivity index (χ1) is 14.5. The van der Waals surface area contributed by atoms with Crippen LogP contribution in [0, 0.1) is 0 Å². The van der Waals surface area contributed by atoms with Crippen LogP contribution in [0.25, 0.3) is 11.3 Å². The molecule has 1 aromatic carbocycles. The van der Waals surface area contributed by atoms with E-state index in [0.29, 0.717) is 35.2 Å². The van der Waals surface area contributed by atoms with Gasteiger partial charge in [-0.15, -0.1) is 11.3 Å². The monoisotopic (exact) mass is 433 g/mol. The number of nitrogens with one attached hydrogen (secondary N) is 1. The Morgan fingerprint density at radius 3 is 2.47 bits per heavy atom. The molecule has 0 aliphatic rings. The highest BCUT2D eigenvalue weighted by Gasteiger charge is 2.15. The Hall–Kier alpha value is -2.61. The second-order valence-electron chi connectivity index (χ2n) is 6.89. The number of anilines is 1. The third-order valence-electron chi connectivity index (χ3n) is 4.57. The Labute approximate surface area is 182 Å². The molecule has 0 unspecified atom stereocenters. The number of ether oxygens (including phenoxy) is 2. The third-order valence-corrected chi connectivity index (χ3v) is 5.33. The Bertz CT molecular complexity index is 832. The zero-order valence-corrected chi connectivity index (χ0v) is 19.0. The van der Waals surface area contributed by atoms with E-state index in [-0.39, 0.29) is 18.2 Å². The van der Waals surface area contributed by atoms with Gasteiger partial charge in [-0.05, 0) is 37.5 Å². The summed E-state index contributed by atoms with van der Waals surface area (Å²) in [4.78, 5) is 31.0. The van der Waals surface area contributed by atoms with E-state index >= 15 is 0 Å². The molecule has 0 saturated heterocycles. The van der Waals surface area contributed by atoms with Crippen LogP contribution in [0.1, 0.15) is 46.0 Å². The van der Waals surface area contributed by atoms with E-state index < -0.39 is 0 Å². The minimum atomic E-state index is -0.140. The predicted molar refractivity (Wildman–Crippen MR) is 120 cm³/mol. The summed E-state index contributed by atoms with van der Waals surface area (Å²) in [7, 11) is 3.20. The largest absolute Gasteiger partial charge is 0.497 e. The van der Waals surface area contributed by atoms with Gasteiger partial charge in [0.25, 0.3) is 0 Å². The van der Waals surface area contributed by atoms with Gasteiger partial charge >= 0.3 is 0 Å².